The fraction of sp³-hybridized carbons (Fsp3) is 0.438. The third kappa shape index (κ3) is 7.54. The quantitative estimate of drug-likeness (QED) is 0.265. The van der Waals surface area contributed by atoms with Crippen LogP contribution in [0.2, 0.25) is 0 Å². The molecule has 3 aromatic rings. The van der Waals surface area contributed by atoms with Crippen molar-refractivity contribution in [2.75, 3.05) is 51.3 Å². The topological polar surface area (TPSA) is 155 Å². The van der Waals surface area contributed by atoms with Crippen LogP contribution in [-0.2, 0) is 4.79 Å². The molecule has 1 amide bonds. The first-order valence-electron chi connectivity index (χ1n) is 14.9. The zero-order chi connectivity index (χ0) is 32.0. The van der Waals surface area contributed by atoms with Gasteiger partial charge in [0.25, 0.3) is 0 Å². The van der Waals surface area contributed by atoms with Crippen LogP contribution < -0.4 is 10.1 Å². The molecule has 45 heavy (non-hydrogen) atoms. The van der Waals surface area contributed by atoms with Crippen molar-refractivity contribution in [2.24, 2.45) is 0 Å². The van der Waals surface area contributed by atoms with Crippen LogP contribution in [0, 0.1) is 11.3 Å². The van der Waals surface area contributed by atoms with Gasteiger partial charge in [-0.3, -0.25) is 9.69 Å². The third-order valence-electron chi connectivity index (χ3n) is 8.42. The van der Waals surface area contributed by atoms with Crippen LogP contribution in [-0.4, -0.2) is 105 Å². The number of ether oxygens (including phenoxy) is 1. The molecule has 0 spiro atoms. The van der Waals surface area contributed by atoms with E-state index in [0.717, 1.165) is 36.5 Å². The maximum Gasteiger partial charge on any atom is 0.301 e. The SMILES string of the molecule is N#Cc1cc(-c2ccnc(Nc3cccc(C4CCN(C(CO)CO)CC4)c3)n2)ccc1OC1CCN(C(=O)CO)CC1(F)F. The average Bonchev–Trinajstić information content (AvgIpc) is 3.06. The molecule has 3 heterocycles. The zero-order valence-corrected chi connectivity index (χ0v) is 24.6. The van der Waals surface area contributed by atoms with Crippen molar-refractivity contribution in [1.82, 2.24) is 19.8 Å². The Kier molecular flexibility index (Phi) is 10.2. The number of aliphatic hydroxyl groups excluding tert-OH is 3. The second-order valence-electron chi connectivity index (χ2n) is 11.3. The summed E-state index contributed by atoms with van der Waals surface area (Å²) in [6.45, 7) is -0.245. The summed E-state index contributed by atoms with van der Waals surface area (Å²) < 4.78 is 35.2. The largest absolute Gasteiger partial charge is 0.483 e. The first kappa shape index (κ1) is 32.2. The Morgan fingerprint density at radius 2 is 1.87 bits per heavy atom. The number of hydrogen-bond acceptors (Lipinski definition) is 10. The Hall–Kier alpha value is -4.22. The summed E-state index contributed by atoms with van der Waals surface area (Å²) in [7, 11) is 0. The van der Waals surface area contributed by atoms with Crippen LogP contribution >= 0.6 is 0 Å². The first-order valence-corrected chi connectivity index (χ1v) is 14.9. The van der Waals surface area contributed by atoms with Crippen molar-refractivity contribution in [3.05, 3.63) is 65.9 Å². The Morgan fingerprint density at radius 1 is 1.09 bits per heavy atom. The minimum absolute atomic E-state index is 0.00570. The molecule has 0 radical (unpaired) electrons. The lowest BCUT2D eigenvalue weighted by atomic mass is 9.88. The molecule has 1 atom stereocenters. The fourth-order valence-electron chi connectivity index (χ4n) is 5.88. The number of carbonyl (C=O) groups is 1. The molecule has 2 aromatic carbocycles. The van der Waals surface area contributed by atoms with E-state index in [1.165, 1.54) is 17.7 Å². The lowest BCUT2D eigenvalue weighted by Crippen LogP contribution is -2.55. The fourth-order valence-corrected chi connectivity index (χ4v) is 5.88. The average molecular weight is 623 g/mol. The number of aliphatic hydroxyl groups is 3. The maximum atomic E-state index is 14.8. The van der Waals surface area contributed by atoms with E-state index in [1.54, 1.807) is 18.3 Å². The summed E-state index contributed by atoms with van der Waals surface area (Å²) in [5, 5.41) is 41.0. The van der Waals surface area contributed by atoms with Gasteiger partial charge in [-0.25, -0.2) is 18.7 Å². The van der Waals surface area contributed by atoms with Crippen molar-refractivity contribution in [1.29, 1.82) is 5.26 Å². The molecule has 5 rings (SSSR count). The van der Waals surface area contributed by atoms with Gasteiger partial charge in [0, 0.05) is 30.4 Å². The number of aromatic nitrogens is 2. The zero-order valence-electron chi connectivity index (χ0n) is 24.6. The molecule has 4 N–H and O–H groups in total. The second kappa shape index (κ2) is 14.3. The number of benzene rings is 2. The van der Waals surface area contributed by atoms with Crippen molar-refractivity contribution in [3.63, 3.8) is 0 Å². The smallest absolute Gasteiger partial charge is 0.301 e. The van der Waals surface area contributed by atoms with Crippen molar-refractivity contribution in [2.45, 2.75) is 43.2 Å². The second-order valence-corrected chi connectivity index (χ2v) is 11.3. The van der Waals surface area contributed by atoms with E-state index in [2.05, 4.69) is 32.3 Å². The monoisotopic (exact) mass is 622 g/mol. The lowest BCUT2D eigenvalue weighted by molar-refractivity contribution is -0.161. The van der Waals surface area contributed by atoms with E-state index in [4.69, 9.17) is 9.84 Å². The highest BCUT2D eigenvalue weighted by molar-refractivity contribution is 5.77. The number of hydrogen-bond donors (Lipinski definition) is 4. The van der Waals surface area contributed by atoms with Crippen LogP contribution in [0.5, 0.6) is 5.75 Å². The molecule has 2 saturated heterocycles. The van der Waals surface area contributed by atoms with Gasteiger partial charge in [-0.1, -0.05) is 12.1 Å². The van der Waals surface area contributed by atoms with Crippen molar-refractivity contribution in [3.8, 4) is 23.1 Å². The number of anilines is 2. The summed E-state index contributed by atoms with van der Waals surface area (Å²) in [5.74, 6) is -3.44. The molecule has 238 valence electrons. The number of amides is 1. The third-order valence-corrected chi connectivity index (χ3v) is 8.42. The van der Waals surface area contributed by atoms with Gasteiger partial charge in [0.15, 0.2) is 6.10 Å². The Morgan fingerprint density at radius 3 is 2.56 bits per heavy atom. The van der Waals surface area contributed by atoms with E-state index >= 15 is 0 Å². The minimum Gasteiger partial charge on any atom is -0.483 e. The van der Waals surface area contributed by atoms with Gasteiger partial charge in [-0.05, 0) is 73.8 Å². The Labute approximate surface area is 259 Å². The van der Waals surface area contributed by atoms with Gasteiger partial charge in [-0.2, -0.15) is 5.26 Å². The maximum absolute atomic E-state index is 14.8. The first-order chi connectivity index (χ1) is 21.7. The van der Waals surface area contributed by atoms with E-state index < -0.39 is 31.1 Å². The summed E-state index contributed by atoms with van der Waals surface area (Å²) in [5.41, 5.74) is 3.13. The van der Waals surface area contributed by atoms with Crippen LogP contribution in [0.4, 0.5) is 20.4 Å². The molecule has 2 aliphatic heterocycles. The number of carbonyl (C=O) groups excluding carboxylic acids is 1. The lowest BCUT2D eigenvalue weighted by Gasteiger charge is -2.38. The predicted octanol–water partition coefficient (Wildman–Crippen LogP) is 2.90. The summed E-state index contributed by atoms with van der Waals surface area (Å²) >= 11 is 0. The summed E-state index contributed by atoms with van der Waals surface area (Å²) in [6, 6.07) is 16.1. The molecule has 13 heteroatoms. The molecule has 2 aliphatic rings. The molecule has 11 nitrogen and oxygen atoms in total. The van der Waals surface area contributed by atoms with E-state index in [-0.39, 0.29) is 43.5 Å². The molecule has 0 bridgehead atoms. The van der Waals surface area contributed by atoms with E-state index in [0.29, 0.717) is 23.1 Å². The standard InChI is InChI=1S/C32H36F2N6O5/c33-32(34)20-40(30(44)19-43)13-9-29(32)45-28-5-4-23(14-24(28)16-35)27-6-10-36-31(38-27)37-25-3-1-2-22(15-25)21-7-11-39(12-8-21)26(17-41)18-42/h1-6,10,14-15,21,26,29,41-43H,7-9,11-13,17-20H2,(H,36,37,38). The van der Waals surface area contributed by atoms with Gasteiger partial charge in [0.1, 0.15) is 18.4 Å². The number of nitrogens with one attached hydrogen (secondary N) is 1. The van der Waals surface area contributed by atoms with Gasteiger partial charge < -0.3 is 30.3 Å². The minimum atomic E-state index is -3.36. The number of nitrogens with zero attached hydrogens (tertiary/aromatic N) is 5. The molecule has 0 saturated carbocycles. The van der Waals surface area contributed by atoms with E-state index in [1.807, 2.05) is 18.2 Å². The van der Waals surface area contributed by atoms with Crippen molar-refractivity contribution < 1.29 is 33.6 Å². The summed E-state index contributed by atoms with van der Waals surface area (Å²) in [4.78, 5) is 23.6. The normalized spacial score (nSPS) is 18.9. The number of nitriles is 1. The molecule has 1 unspecified atom stereocenters. The highest BCUT2D eigenvalue weighted by Gasteiger charge is 2.47. The number of alkyl halides is 2. The van der Waals surface area contributed by atoms with Crippen LogP contribution in [0.25, 0.3) is 11.3 Å². The van der Waals surface area contributed by atoms with Crippen LogP contribution in [0.15, 0.2) is 54.7 Å². The van der Waals surface area contributed by atoms with Gasteiger partial charge in [0.05, 0.1) is 37.1 Å². The molecule has 0 aliphatic carbocycles. The molecule has 2 fully saturated rings. The van der Waals surface area contributed by atoms with Gasteiger partial charge in [-0.15, -0.1) is 0 Å². The molecule has 1 aromatic heterocycles. The highest BCUT2D eigenvalue weighted by atomic mass is 19.3. The Balaban J connectivity index is 1.26. The number of halogens is 2. The summed E-state index contributed by atoms with van der Waals surface area (Å²) in [6.07, 6.45) is 1.72. The highest BCUT2D eigenvalue weighted by Crippen LogP contribution is 2.34. The number of piperidine rings is 2. The Bertz CT molecular complexity index is 1520. The van der Waals surface area contributed by atoms with Crippen LogP contribution in [0.1, 0.15) is 36.3 Å². The van der Waals surface area contributed by atoms with Crippen LogP contribution in [0.3, 0.4) is 0 Å². The molecular weight excluding hydrogens is 586 g/mol. The molecular formula is C32H36F2N6O5. The number of rotatable bonds is 10. The number of likely N-dealkylation sites (tertiary alicyclic amines) is 2. The van der Waals surface area contributed by atoms with Gasteiger partial charge >= 0.3 is 5.92 Å². The predicted molar refractivity (Wildman–Crippen MR) is 161 cm³/mol. The van der Waals surface area contributed by atoms with E-state index in [9.17, 15) is 29.1 Å². The van der Waals surface area contributed by atoms with Crippen molar-refractivity contribution >= 4 is 17.5 Å². The van der Waals surface area contributed by atoms with Gasteiger partial charge in [0.2, 0.25) is 11.9 Å².